The first-order chi connectivity index (χ1) is 8.83. The van der Waals surface area contributed by atoms with Gasteiger partial charge in [0.15, 0.2) is 0 Å². The van der Waals surface area contributed by atoms with Crippen molar-refractivity contribution < 1.29 is 4.74 Å². The van der Waals surface area contributed by atoms with Gasteiger partial charge in [-0.25, -0.2) is 0 Å². The molecule has 1 aromatic heterocycles. The van der Waals surface area contributed by atoms with E-state index in [0.717, 1.165) is 26.0 Å². The Morgan fingerprint density at radius 3 is 3.17 bits per heavy atom. The molecule has 0 saturated carbocycles. The van der Waals surface area contributed by atoms with Gasteiger partial charge >= 0.3 is 0 Å². The standard InChI is InChI=1S/C15H20N2O/c1-11-8-13(6-7-18-11)16-9-12-10-17-15-5-3-2-4-14(12)15/h2-5,10-11,13,16-17H,6-9H2,1H3. The Hall–Kier alpha value is -1.32. The van der Waals surface area contributed by atoms with Crippen molar-refractivity contribution in [2.24, 2.45) is 0 Å². The number of nitrogens with one attached hydrogen (secondary N) is 2. The van der Waals surface area contributed by atoms with E-state index in [1.807, 2.05) is 0 Å². The smallest absolute Gasteiger partial charge is 0.0561 e. The first-order valence-electron chi connectivity index (χ1n) is 6.73. The van der Waals surface area contributed by atoms with Gasteiger partial charge in [0.05, 0.1) is 6.10 Å². The van der Waals surface area contributed by atoms with E-state index in [9.17, 15) is 0 Å². The number of hydrogen-bond acceptors (Lipinski definition) is 2. The van der Waals surface area contributed by atoms with E-state index in [0.29, 0.717) is 12.1 Å². The number of H-pyrrole nitrogens is 1. The lowest BCUT2D eigenvalue weighted by Crippen LogP contribution is -2.37. The van der Waals surface area contributed by atoms with Gasteiger partial charge < -0.3 is 15.0 Å². The van der Waals surface area contributed by atoms with Crippen LogP contribution in [0.4, 0.5) is 0 Å². The largest absolute Gasteiger partial charge is 0.378 e. The van der Waals surface area contributed by atoms with E-state index < -0.39 is 0 Å². The van der Waals surface area contributed by atoms with Crippen molar-refractivity contribution in [1.82, 2.24) is 10.3 Å². The fourth-order valence-electron chi connectivity index (χ4n) is 2.72. The minimum Gasteiger partial charge on any atom is -0.378 e. The summed E-state index contributed by atoms with van der Waals surface area (Å²) in [6.07, 6.45) is 4.73. The fraction of sp³-hybridized carbons (Fsp3) is 0.467. The lowest BCUT2D eigenvalue weighted by Gasteiger charge is -2.28. The molecule has 0 spiro atoms. The maximum atomic E-state index is 5.57. The van der Waals surface area contributed by atoms with Crippen LogP contribution in [0.15, 0.2) is 30.5 Å². The van der Waals surface area contributed by atoms with Gasteiger partial charge in [-0.3, -0.25) is 0 Å². The summed E-state index contributed by atoms with van der Waals surface area (Å²) in [6.45, 7) is 3.97. The first-order valence-corrected chi connectivity index (χ1v) is 6.73. The summed E-state index contributed by atoms with van der Waals surface area (Å²) >= 11 is 0. The number of aromatic nitrogens is 1. The Bertz CT molecular complexity index is 520. The molecule has 2 N–H and O–H groups in total. The SMILES string of the molecule is CC1CC(NCc2c[nH]c3ccccc23)CCO1. The number of ether oxygens (including phenoxy) is 1. The number of hydrogen-bond donors (Lipinski definition) is 2. The Morgan fingerprint density at radius 1 is 1.39 bits per heavy atom. The normalized spacial score (nSPS) is 24.5. The average molecular weight is 244 g/mol. The van der Waals surface area contributed by atoms with E-state index in [4.69, 9.17) is 4.74 Å². The van der Waals surface area contributed by atoms with Gasteiger partial charge in [-0.05, 0) is 31.4 Å². The lowest BCUT2D eigenvalue weighted by molar-refractivity contribution is 0.0130. The topological polar surface area (TPSA) is 37.0 Å². The molecule has 0 radical (unpaired) electrons. The molecule has 96 valence electrons. The van der Waals surface area contributed by atoms with E-state index >= 15 is 0 Å². The van der Waals surface area contributed by atoms with Gasteiger partial charge in [0.25, 0.3) is 0 Å². The van der Waals surface area contributed by atoms with Gasteiger partial charge in [0.1, 0.15) is 0 Å². The third-order valence-corrected chi connectivity index (χ3v) is 3.74. The lowest BCUT2D eigenvalue weighted by atomic mass is 10.0. The van der Waals surface area contributed by atoms with Crippen LogP contribution in [0, 0.1) is 0 Å². The monoisotopic (exact) mass is 244 g/mol. The van der Waals surface area contributed by atoms with E-state index in [-0.39, 0.29) is 0 Å². The Kier molecular flexibility index (Phi) is 3.35. The zero-order chi connectivity index (χ0) is 12.4. The highest BCUT2D eigenvalue weighted by Gasteiger charge is 2.18. The van der Waals surface area contributed by atoms with Crippen LogP contribution in [-0.2, 0) is 11.3 Å². The minimum atomic E-state index is 0.388. The number of fused-ring (bicyclic) bond motifs is 1. The van der Waals surface area contributed by atoms with Crippen LogP contribution >= 0.6 is 0 Å². The van der Waals surface area contributed by atoms with Crippen LogP contribution in [0.25, 0.3) is 10.9 Å². The molecule has 2 unspecified atom stereocenters. The second kappa shape index (κ2) is 5.12. The molecule has 0 amide bonds. The predicted molar refractivity (Wildman–Crippen MR) is 73.6 cm³/mol. The van der Waals surface area contributed by atoms with Gasteiger partial charge in [-0.1, -0.05) is 18.2 Å². The molecule has 0 bridgehead atoms. The summed E-state index contributed by atoms with van der Waals surface area (Å²) in [5.41, 5.74) is 2.57. The molecule has 2 heterocycles. The fourth-order valence-corrected chi connectivity index (χ4v) is 2.72. The third-order valence-electron chi connectivity index (χ3n) is 3.74. The zero-order valence-electron chi connectivity index (χ0n) is 10.8. The molecule has 1 aromatic carbocycles. The van der Waals surface area contributed by atoms with E-state index in [2.05, 4.69) is 47.7 Å². The molecule has 2 aromatic rings. The minimum absolute atomic E-state index is 0.388. The summed E-state index contributed by atoms with van der Waals surface area (Å²) in [6, 6.07) is 9.04. The van der Waals surface area contributed by atoms with Crippen LogP contribution < -0.4 is 5.32 Å². The molecule has 1 saturated heterocycles. The summed E-state index contributed by atoms with van der Waals surface area (Å²) in [5.74, 6) is 0. The summed E-state index contributed by atoms with van der Waals surface area (Å²) in [7, 11) is 0. The molecule has 1 aliphatic rings. The van der Waals surface area contributed by atoms with Crippen molar-refractivity contribution in [2.45, 2.75) is 38.5 Å². The van der Waals surface area contributed by atoms with Crippen molar-refractivity contribution in [3.63, 3.8) is 0 Å². The molecule has 18 heavy (non-hydrogen) atoms. The van der Waals surface area contributed by atoms with Gasteiger partial charge in [-0.15, -0.1) is 0 Å². The van der Waals surface area contributed by atoms with Crippen LogP contribution in [-0.4, -0.2) is 23.7 Å². The Labute approximate surface area is 108 Å². The van der Waals surface area contributed by atoms with E-state index in [1.54, 1.807) is 0 Å². The highest BCUT2D eigenvalue weighted by molar-refractivity contribution is 5.82. The molecule has 3 heteroatoms. The van der Waals surface area contributed by atoms with Gasteiger partial charge in [0, 0.05) is 36.3 Å². The summed E-state index contributed by atoms with van der Waals surface area (Å²) in [4.78, 5) is 3.32. The van der Waals surface area contributed by atoms with Crippen molar-refractivity contribution in [1.29, 1.82) is 0 Å². The maximum absolute atomic E-state index is 5.57. The predicted octanol–water partition coefficient (Wildman–Crippen LogP) is 2.83. The molecule has 0 aliphatic carbocycles. The Morgan fingerprint density at radius 2 is 2.28 bits per heavy atom. The highest BCUT2D eigenvalue weighted by Crippen LogP contribution is 2.19. The summed E-state index contributed by atoms with van der Waals surface area (Å²) in [5, 5.41) is 4.97. The molecular weight excluding hydrogens is 224 g/mol. The first kappa shape index (κ1) is 11.8. The van der Waals surface area contributed by atoms with Gasteiger partial charge in [0.2, 0.25) is 0 Å². The van der Waals surface area contributed by atoms with E-state index in [1.165, 1.54) is 16.5 Å². The van der Waals surface area contributed by atoms with Crippen LogP contribution in [0.2, 0.25) is 0 Å². The number of para-hydroxylation sites is 1. The van der Waals surface area contributed by atoms with Gasteiger partial charge in [-0.2, -0.15) is 0 Å². The quantitative estimate of drug-likeness (QED) is 0.871. The van der Waals surface area contributed by atoms with Crippen LogP contribution in [0.3, 0.4) is 0 Å². The number of aromatic amines is 1. The summed E-state index contributed by atoms with van der Waals surface area (Å²) < 4.78 is 5.57. The Balaban J connectivity index is 1.66. The van der Waals surface area contributed by atoms with Crippen molar-refractivity contribution in [2.75, 3.05) is 6.61 Å². The second-order valence-electron chi connectivity index (χ2n) is 5.14. The maximum Gasteiger partial charge on any atom is 0.0561 e. The number of rotatable bonds is 3. The zero-order valence-corrected chi connectivity index (χ0v) is 10.8. The third kappa shape index (κ3) is 2.42. The molecule has 1 fully saturated rings. The molecule has 3 rings (SSSR count). The van der Waals surface area contributed by atoms with Crippen molar-refractivity contribution in [3.8, 4) is 0 Å². The van der Waals surface area contributed by atoms with Crippen LogP contribution in [0.1, 0.15) is 25.3 Å². The highest BCUT2D eigenvalue weighted by atomic mass is 16.5. The molecule has 2 atom stereocenters. The molecule has 3 nitrogen and oxygen atoms in total. The molecule has 1 aliphatic heterocycles. The van der Waals surface area contributed by atoms with Crippen LogP contribution in [0.5, 0.6) is 0 Å². The number of benzene rings is 1. The average Bonchev–Trinajstić information content (AvgIpc) is 2.80. The second-order valence-corrected chi connectivity index (χ2v) is 5.14. The van der Waals surface area contributed by atoms with Crippen molar-refractivity contribution in [3.05, 3.63) is 36.0 Å². The molecular formula is C15H20N2O. The van der Waals surface area contributed by atoms with Crippen molar-refractivity contribution >= 4 is 10.9 Å².